The Morgan fingerprint density at radius 2 is 1.78 bits per heavy atom. The smallest absolute Gasteiger partial charge is 0.319 e. The lowest BCUT2D eigenvalue weighted by Gasteiger charge is -2.21. The third-order valence-corrected chi connectivity index (χ3v) is 3.57. The van der Waals surface area contributed by atoms with E-state index in [2.05, 4.69) is 0 Å². The molecule has 0 heterocycles. The molecule has 0 saturated heterocycles. The molecule has 4 nitrogen and oxygen atoms in total. The van der Waals surface area contributed by atoms with Gasteiger partial charge in [0.2, 0.25) is 0 Å². The first-order valence-electron chi connectivity index (χ1n) is 7.39. The van der Waals surface area contributed by atoms with Crippen molar-refractivity contribution in [1.29, 1.82) is 0 Å². The van der Waals surface area contributed by atoms with Crippen LogP contribution in [0.15, 0.2) is 54.6 Å². The standard InChI is InChI=1S/C18H20ClNO3/c1-22-18(21)14-20(13-15-5-3-2-4-6-15)11-12-23-17-9-7-16(19)8-10-17/h2-10H,11-14H2,1H3. The zero-order valence-electron chi connectivity index (χ0n) is 13.1. The van der Waals surface area contributed by atoms with E-state index in [0.29, 0.717) is 24.7 Å². The lowest BCUT2D eigenvalue weighted by atomic mass is 10.2. The number of hydrogen-bond donors (Lipinski definition) is 0. The highest BCUT2D eigenvalue weighted by molar-refractivity contribution is 6.30. The molecule has 2 aromatic carbocycles. The van der Waals surface area contributed by atoms with Crippen LogP contribution < -0.4 is 4.74 Å². The number of benzene rings is 2. The Kier molecular flexibility index (Phi) is 6.91. The number of methoxy groups -OCH3 is 1. The SMILES string of the molecule is COC(=O)CN(CCOc1ccc(Cl)cc1)Cc1ccccc1. The molecule has 0 unspecified atom stereocenters. The van der Waals surface area contributed by atoms with Gasteiger partial charge in [-0.2, -0.15) is 0 Å². The number of carbonyl (C=O) groups is 1. The summed E-state index contributed by atoms with van der Waals surface area (Å²) in [5, 5.41) is 0.675. The summed E-state index contributed by atoms with van der Waals surface area (Å²) >= 11 is 5.84. The van der Waals surface area contributed by atoms with E-state index in [9.17, 15) is 4.79 Å². The molecular weight excluding hydrogens is 314 g/mol. The molecular formula is C18H20ClNO3. The Labute approximate surface area is 141 Å². The molecule has 122 valence electrons. The molecule has 5 heteroatoms. The molecule has 0 saturated carbocycles. The van der Waals surface area contributed by atoms with Crippen molar-refractivity contribution in [3.63, 3.8) is 0 Å². The first-order chi connectivity index (χ1) is 11.2. The van der Waals surface area contributed by atoms with E-state index >= 15 is 0 Å². The number of rotatable bonds is 8. The normalized spacial score (nSPS) is 10.6. The maximum atomic E-state index is 11.6. The number of ether oxygens (including phenoxy) is 2. The lowest BCUT2D eigenvalue weighted by molar-refractivity contribution is -0.142. The van der Waals surface area contributed by atoms with Crippen LogP contribution in [-0.4, -0.2) is 37.7 Å². The van der Waals surface area contributed by atoms with Crippen molar-refractivity contribution in [3.05, 3.63) is 65.2 Å². The van der Waals surface area contributed by atoms with Gasteiger partial charge in [-0.25, -0.2) is 0 Å². The van der Waals surface area contributed by atoms with E-state index in [1.807, 2.05) is 47.4 Å². The molecule has 0 aliphatic heterocycles. The molecule has 0 radical (unpaired) electrons. The summed E-state index contributed by atoms with van der Waals surface area (Å²) in [5.41, 5.74) is 1.14. The fraction of sp³-hybridized carbons (Fsp3) is 0.278. The predicted molar refractivity (Wildman–Crippen MR) is 90.7 cm³/mol. The van der Waals surface area contributed by atoms with E-state index in [1.165, 1.54) is 7.11 Å². The predicted octanol–water partition coefficient (Wildman–Crippen LogP) is 3.39. The molecule has 2 aromatic rings. The number of halogens is 1. The van der Waals surface area contributed by atoms with Crippen LogP contribution in [0.1, 0.15) is 5.56 Å². The van der Waals surface area contributed by atoms with Crippen LogP contribution in [-0.2, 0) is 16.1 Å². The zero-order chi connectivity index (χ0) is 16.5. The van der Waals surface area contributed by atoms with Gasteiger partial charge in [0.05, 0.1) is 13.7 Å². The van der Waals surface area contributed by atoms with Gasteiger partial charge in [-0.3, -0.25) is 9.69 Å². The van der Waals surface area contributed by atoms with Crippen molar-refractivity contribution >= 4 is 17.6 Å². The molecule has 2 rings (SSSR count). The molecule has 0 aliphatic carbocycles. The highest BCUT2D eigenvalue weighted by Crippen LogP contribution is 2.15. The first kappa shape index (κ1) is 17.3. The molecule has 0 amide bonds. The van der Waals surface area contributed by atoms with Crippen molar-refractivity contribution in [2.24, 2.45) is 0 Å². The van der Waals surface area contributed by atoms with Gasteiger partial charge in [0, 0.05) is 18.1 Å². The minimum absolute atomic E-state index is 0.232. The molecule has 0 aromatic heterocycles. The van der Waals surface area contributed by atoms with Crippen LogP contribution in [0.4, 0.5) is 0 Å². The number of carbonyl (C=O) groups excluding carboxylic acids is 1. The summed E-state index contributed by atoms with van der Waals surface area (Å²) < 4.78 is 10.5. The van der Waals surface area contributed by atoms with Gasteiger partial charge in [0.1, 0.15) is 12.4 Å². The average molecular weight is 334 g/mol. The van der Waals surface area contributed by atoms with Crippen molar-refractivity contribution in [1.82, 2.24) is 4.90 Å². The maximum Gasteiger partial charge on any atom is 0.319 e. The highest BCUT2D eigenvalue weighted by Gasteiger charge is 2.11. The van der Waals surface area contributed by atoms with Crippen LogP contribution >= 0.6 is 11.6 Å². The first-order valence-corrected chi connectivity index (χ1v) is 7.76. The van der Waals surface area contributed by atoms with Crippen molar-refractivity contribution in [2.45, 2.75) is 6.54 Å². The maximum absolute atomic E-state index is 11.6. The molecule has 0 spiro atoms. The summed E-state index contributed by atoms with van der Waals surface area (Å²) in [6, 6.07) is 17.2. The van der Waals surface area contributed by atoms with Crippen molar-refractivity contribution < 1.29 is 14.3 Å². The topological polar surface area (TPSA) is 38.8 Å². The van der Waals surface area contributed by atoms with Gasteiger partial charge in [-0.1, -0.05) is 41.9 Å². The summed E-state index contributed by atoms with van der Waals surface area (Å²) in [4.78, 5) is 13.6. The van der Waals surface area contributed by atoms with Crippen LogP contribution in [0.25, 0.3) is 0 Å². The monoisotopic (exact) mass is 333 g/mol. The van der Waals surface area contributed by atoms with Crippen LogP contribution in [0.5, 0.6) is 5.75 Å². The fourth-order valence-electron chi connectivity index (χ4n) is 2.13. The van der Waals surface area contributed by atoms with Gasteiger partial charge in [-0.05, 0) is 29.8 Å². The summed E-state index contributed by atoms with van der Waals surface area (Å²) in [6.45, 7) is 1.99. The highest BCUT2D eigenvalue weighted by atomic mass is 35.5. The van der Waals surface area contributed by atoms with Gasteiger partial charge in [0.15, 0.2) is 0 Å². The Morgan fingerprint density at radius 3 is 2.43 bits per heavy atom. The van der Waals surface area contributed by atoms with Crippen LogP contribution in [0.2, 0.25) is 5.02 Å². The second-order valence-corrected chi connectivity index (χ2v) is 5.51. The fourth-order valence-corrected chi connectivity index (χ4v) is 2.25. The number of hydrogen-bond acceptors (Lipinski definition) is 4. The largest absolute Gasteiger partial charge is 0.492 e. The van der Waals surface area contributed by atoms with Crippen LogP contribution in [0, 0.1) is 0 Å². The van der Waals surface area contributed by atoms with Crippen molar-refractivity contribution in [3.8, 4) is 5.75 Å². The Morgan fingerprint density at radius 1 is 1.09 bits per heavy atom. The van der Waals surface area contributed by atoms with E-state index in [-0.39, 0.29) is 12.5 Å². The molecule has 0 atom stereocenters. The van der Waals surface area contributed by atoms with E-state index in [4.69, 9.17) is 21.1 Å². The second kappa shape index (κ2) is 9.18. The van der Waals surface area contributed by atoms with Gasteiger partial charge < -0.3 is 9.47 Å². The Balaban J connectivity index is 1.88. The zero-order valence-corrected chi connectivity index (χ0v) is 13.8. The minimum Gasteiger partial charge on any atom is -0.492 e. The average Bonchev–Trinajstić information content (AvgIpc) is 2.57. The Bertz CT molecular complexity index is 601. The van der Waals surface area contributed by atoms with Crippen LogP contribution in [0.3, 0.4) is 0 Å². The number of esters is 1. The second-order valence-electron chi connectivity index (χ2n) is 5.07. The van der Waals surface area contributed by atoms with Gasteiger partial charge in [0.25, 0.3) is 0 Å². The van der Waals surface area contributed by atoms with Gasteiger partial charge >= 0.3 is 5.97 Å². The quantitative estimate of drug-likeness (QED) is 0.694. The number of nitrogens with zero attached hydrogens (tertiary/aromatic N) is 1. The third kappa shape index (κ3) is 6.30. The Hall–Kier alpha value is -2.04. The summed E-state index contributed by atoms with van der Waals surface area (Å²) in [5.74, 6) is 0.500. The summed E-state index contributed by atoms with van der Waals surface area (Å²) in [6.07, 6.45) is 0. The van der Waals surface area contributed by atoms with E-state index in [0.717, 1.165) is 11.3 Å². The van der Waals surface area contributed by atoms with Gasteiger partial charge in [-0.15, -0.1) is 0 Å². The molecule has 23 heavy (non-hydrogen) atoms. The molecule has 0 bridgehead atoms. The summed E-state index contributed by atoms with van der Waals surface area (Å²) in [7, 11) is 1.40. The third-order valence-electron chi connectivity index (χ3n) is 3.32. The minimum atomic E-state index is -0.257. The molecule has 0 aliphatic rings. The van der Waals surface area contributed by atoms with Crippen molar-refractivity contribution in [2.75, 3.05) is 26.8 Å². The lowest BCUT2D eigenvalue weighted by Crippen LogP contribution is -2.33. The molecule has 0 N–H and O–H groups in total. The van der Waals surface area contributed by atoms with E-state index < -0.39 is 0 Å². The van der Waals surface area contributed by atoms with E-state index in [1.54, 1.807) is 12.1 Å². The molecule has 0 fully saturated rings.